The number of fused-ring (bicyclic) bond motifs is 1. The van der Waals surface area contributed by atoms with Crippen LogP contribution >= 0.6 is 0 Å². The van der Waals surface area contributed by atoms with Crippen molar-refractivity contribution >= 4 is 16.8 Å². The van der Waals surface area contributed by atoms with Crippen molar-refractivity contribution in [1.29, 1.82) is 0 Å². The highest BCUT2D eigenvalue weighted by Crippen LogP contribution is 2.35. The zero-order chi connectivity index (χ0) is 27.7. The van der Waals surface area contributed by atoms with Gasteiger partial charge in [-0.25, -0.2) is 0 Å². The number of hydrogen-bond acceptors (Lipinski definition) is 4. The average Bonchev–Trinajstić information content (AvgIpc) is 3.35. The molecule has 5 rings (SSSR count). The minimum Gasteiger partial charge on any atom is -0.508 e. The van der Waals surface area contributed by atoms with E-state index in [4.69, 9.17) is 4.74 Å². The van der Waals surface area contributed by atoms with Crippen LogP contribution in [0.1, 0.15) is 50.2 Å². The number of benzene rings is 3. The van der Waals surface area contributed by atoms with Gasteiger partial charge in [-0.3, -0.25) is 4.79 Å². The van der Waals surface area contributed by atoms with Crippen molar-refractivity contribution in [3.8, 4) is 22.8 Å². The number of aromatic nitrogens is 1. The molecule has 0 unspecified atom stereocenters. The van der Waals surface area contributed by atoms with Gasteiger partial charge in [0.1, 0.15) is 11.5 Å². The van der Waals surface area contributed by atoms with Crippen LogP contribution in [0.15, 0.2) is 72.8 Å². The summed E-state index contributed by atoms with van der Waals surface area (Å²) in [7, 11) is 0. The summed E-state index contributed by atoms with van der Waals surface area (Å²) >= 11 is 0. The number of phenols is 1. The summed E-state index contributed by atoms with van der Waals surface area (Å²) in [6.07, 6.45) is 6.90. The third-order valence-electron chi connectivity index (χ3n) is 7.84. The summed E-state index contributed by atoms with van der Waals surface area (Å²) in [6.45, 7) is 6.19. The summed E-state index contributed by atoms with van der Waals surface area (Å²) in [5.41, 5.74) is 5.10. The SMILES string of the molecule is C[C@H](CCc1ccc(O)cc1)NC(=O)Cc1c(-c2ccccc2)[nH]c2c(OCCCN3CCCCC3)cccc12. The van der Waals surface area contributed by atoms with Gasteiger partial charge >= 0.3 is 0 Å². The third kappa shape index (κ3) is 7.24. The first-order valence-electron chi connectivity index (χ1n) is 14.7. The number of phenolic OH excluding ortho intramolecular Hbond substituents is 1. The van der Waals surface area contributed by atoms with Crippen molar-refractivity contribution in [1.82, 2.24) is 15.2 Å². The number of hydrogen-bond donors (Lipinski definition) is 3. The monoisotopic (exact) mass is 539 g/mol. The Balaban J connectivity index is 1.28. The van der Waals surface area contributed by atoms with Gasteiger partial charge in [-0.2, -0.15) is 0 Å². The molecule has 3 aromatic carbocycles. The number of aromatic amines is 1. The van der Waals surface area contributed by atoms with Crippen LogP contribution in [0, 0.1) is 0 Å². The van der Waals surface area contributed by atoms with Gasteiger partial charge in [-0.15, -0.1) is 0 Å². The largest absolute Gasteiger partial charge is 0.508 e. The minimum atomic E-state index is 0.00383. The van der Waals surface area contributed by atoms with Crippen molar-refractivity contribution in [2.45, 2.75) is 57.9 Å². The highest BCUT2D eigenvalue weighted by atomic mass is 16.5. The molecule has 1 atom stereocenters. The molecule has 1 amide bonds. The molecule has 6 heteroatoms. The lowest BCUT2D eigenvalue weighted by Gasteiger charge is -2.26. The third-order valence-corrected chi connectivity index (χ3v) is 7.84. The number of rotatable bonds is 12. The molecule has 3 N–H and O–H groups in total. The maximum absolute atomic E-state index is 13.3. The molecular weight excluding hydrogens is 498 g/mol. The van der Waals surface area contributed by atoms with Crippen LogP contribution in [0.4, 0.5) is 0 Å². The van der Waals surface area contributed by atoms with E-state index in [0.717, 1.165) is 64.8 Å². The zero-order valence-electron chi connectivity index (χ0n) is 23.5. The molecule has 0 aliphatic carbocycles. The van der Waals surface area contributed by atoms with Crippen molar-refractivity contribution in [3.05, 3.63) is 83.9 Å². The summed E-state index contributed by atoms with van der Waals surface area (Å²) in [4.78, 5) is 19.4. The fraction of sp³-hybridized carbons (Fsp3) is 0.382. The molecule has 0 spiro atoms. The molecule has 1 fully saturated rings. The van der Waals surface area contributed by atoms with Gasteiger partial charge in [0.15, 0.2) is 0 Å². The lowest BCUT2D eigenvalue weighted by molar-refractivity contribution is -0.121. The average molecular weight is 540 g/mol. The van der Waals surface area contributed by atoms with Crippen molar-refractivity contribution in [2.24, 2.45) is 0 Å². The van der Waals surface area contributed by atoms with E-state index in [1.165, 1.54) is 32.4 Å². The van der Waals surface area contributed by atoms with E-state index in [1.54, 1.807) is 12.1 Å². The Morgan fingerprint density at radius 3 is 2.55 bits per heavy atom. The first-order chi connectivity index (χ1) is 19.6. The molecule has 1 saturated heterocycles. The van der Waals surface area contributed by atoms with E-state index in [0.29, 0.717) is 6.61 Å². The fourth-order valence-corrected chi connectivity index (χ4v) is 5.66. The van der Waals surface area contributed by atoms with E-state index in [2.05, 4.69) is 33.4 Å². The number of H-pyrrole nitrogens is 1. The molecule has 6 nitrogen and oxygen atoms in total. The van der Waals surface area contributed by atoms with Crippen LogP contribution in [0.2, 0.25) is 0 Å². The highest BCUT2D eigenvalue weighted by molar-refractivity contribution is 5.97. The number of carbonyl (C=O) groups excluding carboxylic acids is 1. The Morgan fingerprint density at radius 2 is 1.77 bits per heavy atom. The van der Waals surface area contributed by atoms with E-state index in [1.807, 2.05) is 49.4 Å². The maximum atomic E-state index is 13.3. The molecule has 210 valence electrons. The van der Waals surface area contributed by atoms with Crippen LogP contribution in [0.25, 0.3) is 22.2 Å². The number of carbonyl (C=O) groups is 1. The predicted molar refractivity (Wildman–Crippen MR) is 162 cm³/mol. The second-order valence-corrected chi connectivity index (χ2v) is 11.0. The van der Waals surface area contributed by atoms with Crippen LogP contribution < -0.4 is 10.1 Å². The lowest BCUT2D eigenvalue weighted by atomic mass is 10.0. The van der Waals surface area contributed by atoms with E-state index in [9.17, 15) is 9.90 Å². The van der Waals surface area contributed by atoms with Crippen LogP contribution in [-0.4, -0.2) is 53.2 Å². The zero-order valence-corrected chi connectivity index (χ0v) is 23.5. The number of likely N-dealkylation sites (tertiary alicyclic amines) is 1. The van der Waals surface area contributed by atoms with E-state index < -0.39 is 0 Å². The Kier molecular flexibility index (Phi) is 9.40. The van der Waals surface area contributed by atoms with Gasteiger partial charge in [0.2, 0.25) is 5.91 Å². The number of aromatic hydroxyl groups is 1. The van der Waals surface area contributed by atoms with Crippen molar-refractivity contribution in [3.63, 3.8) is 0 Å². The minimum absolute atomic E-state index is 0.00383. The van der Waals surface area contributed by atoms with E-state index >= 15 is 0 Å². The Labute approximate surface area is 237 Å². The normalized spacial score (nSPS) is 14.7. The first-order valence-corrected chi connectivity index (χ1v) is 14.7. The van der Waals surface area contributed by atoms with E-state index in [-0.39, 0.29) is 24.1 Å². The van der Waals surface area contributed by atoms with Gasteiger partial charge < -0.3 is 25.0 Å². The topological polar surface area (TPSA) is 77.6 Å². The highest BCUT2D eigenvalue weighted by Gasteiger charge is 2.19. The number of para-hydroxylation sites is 1. The predicted octanol–water partition coefficient (Wildman–Crippen LogP) is 6.48. The molecule has 1 aromatic heterocycles. The van der Waals surface area contributed by atoms with Gasteiger partial charge in [-0.05, 0) is 87.0 Å². The second kappa shape index (κ2) is 13.5. The standard InChI is InChI=1S/C34H41N3O3/c1-25(14-15-26-16-18-28(38)19-17-26)35-32(39)24-30-29-12-8-13-31(40-23-9-22-37-20-6-3-7-21-37)34(29)36-33(30)27-10-4-2-5-11-27/h2,4-5,8,10-13,16-19,25,36,38H,3,6-7,9,14-15,20-24H2,1H3,(H,35,39)/t25-/m1/s1. The Bertz CT molecular complexity index is 1380. The molecular formula is C34H41N3O3. The molecule has 0 saturated carbocycles. The van der Waals surface area contributed by atoms with Gasteiger partial charge in [0.25, 0.3) is 0 Å². The number of piperidine rings is 1. The first kappa shape index (κ1) is 27.8. The number of aryl methyl sites for hydroxylation is 1. The Hall–Kier alpha value is -3.77. The van der Waals surface area contributed by atoms with Crippen LogP contribution in [0.5, 0.6) is 11.5 Å². The summed E-state index contributed by atoms with van der Waals surface area (Å²) in [5.74, 6) is 1.11. The molecule has 0 radical (unpaired) electrons. The summed E-state index contributed by atoms with van der Waals surface area (Å²) in [6, 6.07) is 23.6. The molecule has 1 aliphatic rings. The van der Waals surface area contributed by atoms with Crippen molar-refractivity contribution < 1.29 is 14.6 Å². The lowest BCUT2D eigenvalue weighted by Crippen LogP contribution is -2.34. The number of nitrogens with one attached hydrogen (secondary N) is 2. The number of ether oxygens (including phenoxy) is 1. The van der Waals surface area contributed by atoms with Gasteiger partial charge in [0, 0.05) is 18.0 Å². The molecule has 0 bridgehead atoms. The molecule has 2 heterocycles. The summed E-state index contributed by atoms with van der Waals surface area (Å²) < 4.78 is 6.29. The Morgan fingerprint density at radius 1 is 1.00 bits per heavy atom. The maximum Gasteiger partial charge on any atom is 0.224 e. The fourth-order valence-electron chi connectivity index (χ4n) is 5.66. The molecule has 4 aromatic rings. The van der Waals surface area contributed by atoms with Crippen LogP contribution in [0.3, 0.4) is 0 Å². The number of amides is 1. The van der Waals surface area contributed by atoms with Gasteiger partial charge in [-0.1, -0.05) is 61.0 Å². The summed E-state index contributed by atoms with van der Waals surface area (Å²) in [5, 5.41) is 13.7. The van der Waals surface area contributed by atoms with Gasteiger partial charge in [0.05, 0.1) is 24.2 Å². The molecule has 40 heavy (non-hydrogen) atoms. The number of nitrogens with zero attached hydrogens (tertiary/aromatic N) is 1. The second-order valence-electron chi connectivity index (χ2n) is 11.0. The molecule has 1 aliphatic heterocycles. The van der Waals surface area contributed by atoms with Crippen LogP contribution in [-0.2, 0) is 17.6 Å². The van der Waals surface area contributed by atoms with Crippen molar-refractivity contribution in [2.75, 3.05) is 26.2 Å². The smallest absolute Gasteiger partial charge is 0.224 e. The quantitative estimate of drug-likeness (QED) is 0.180.